The summed E-state index contributed by atoms with van der Waals surface area (Å²) in [5.74, 6) is -0.336. The molecule has 0 saturated heterocycles. The van der Waals surface area contributed by atoms with Crippen LogP contribution < -0.4 is 0 Å². The topological polar surface area (TPSA) is 58.5 Å². The number of nitrogens with zero attached hydrogens (tertiary/aromatic N) is 4. The molecule has 0 spiro atoms. The summed E-state index contributed by atoms with van der Waals surface area (Å²) in [5.41, 5.74) is 4.38. The number of hydrazone groups is 1. The quantitative estimate of drug-likeness (QED) is 0.679. The lowest BCUT2D eigenvalue weighted by Crippen LogP contribution is -2.28. The van der Waals surface area contributed by atoms with Crippen molar-refractivity contribution in [3.8, 4) is 0 Å². The van der Waals surface area contributed by atoms with E-state index in [4.69, 9.17) is 11.6 Å². The van der Waals surface area contributed by atoms with E-state index in [1.165, 1.54) is 5.01 Å². The van der Waals surface area contributed by atoms with Gasteiger partial charge in [0.25, 0.3) is 5.91 Å². The van der Waals surface area contributed by atoms with E-state index in [1.54, 1.807) is 12.4 Å². The Morgan fingerprint density at radius 3 is 2.68 bits per heavy atom. The monoisotopic (exact) mass is 350 g/mol. The maximum atomic E-state index is 12.4. The molecular weight excluding hydrogens is 336 g/mol. The Kier molecular flexibility index (Phi) is 4.15. The van der Waals surface area contributed by atoms with Gasteiger partial charge in [0.2, 0.25) is 0 Å². The number of hydrogen-bond acceptors (Lipinski definition) is 4. The van der Waals surface area contributed by atoms with Crippen LogP contribution in [0.15, 0.2) is 66.0 Å². The van der Waals surface area contributed by atoms with Gasteiger partial charge in [0, 0.05) is 24.4 Å². The highest BCUT2D eigenvalue weighted by atomic mass is 35.5. The van der Waals surface area contributed by atoms with Crippen LogP contribution in [0.2, 0.25) is 0 Å². The number of benzene rings is 2. The number of aromatic nitrogens is 2. The second-order valence-corrected chi connectivity index (χ2v) is 6.04. The van der Waals surface area contributed by atoms with Gasteiger partial charge in [-0.25, -0.2) is 5.01 Å². The van der Waals surface area contributed by atoms with Crippen molar-refractivity contribution in [1.29, 1.82) is 0 Å². The number of carbonyl (C=O) groups is 1. The Morgan fingerprint density at radius 2 is 1.88 bits per heavy atom. The van der Waals surface area contributed by atoms with Crippen molar-refractivity contribution in [2.24, 2.45) is 5.10 Å². The summed E-state index contributed by atoms with van der Waals surface area (Å²) >= 11 is 5.81. The highest BCUT2D eigenvalue weighted by Crippen LogP contribution is 2.35. The van der Waals surface area contributed by atoms with Crippen molar-refractivity contribution in [3.63, 3.8) is 0 Å². The molecule has 1 aliphatic heterocycles. The first-order chi connectivity index (χ1) is 12.3. The summed E-state index contributed by atoms with van der Waals surface area (Å²) in [6, 6.07) is 15.4. The van der Waals surface area contributed by atoms with E-state index < -0.39 is 0 Å². The van der Waals surface area contributed by atoms with E-state index in [9.17, 15) is 4.79 Å². The van der Waals surface area contributed by atoms with E-state index in [0.717, 1.165) is 27.9 Å². The predicted molar refractivity (Wildman–Crippen MR) is 97.4 cm³/mol. The Morgan fingerprint density at radius 1 is 1.08 bits per heavy atom. The summed E-state index contributed by atoms with van der Waals surface area (Å²) in [5, 5.41) is 6.05. The van der Waals surface area contributed by atoms with Crippen molar-refractivity contribution < 1.29 is 4.79 Å². The van der Waals surface area contributed by atoms with Crippen molar-refractivity contribution >= 4 is 34.3 Å². The summed E-state index contributed by atoms with van der Waals surface area (Å²) in [6.07, 6.45) is 3.93. The fourth-order valence-electron chi connectivity index (χ4n) is 3.13. The van der Waals surface area contributed by atoms with E-state index in [-0.39, 0.29) is 17.8 Å². The van der Waals surface area contributed by atoms with Crippen LogP contribution in [0, 0.1) is 0 Å². The van der Waals surface area contributed by atoms with Gasteiger partial charge in [-0.05, 0) is 11.6 Å². The number of hydrogen-bond donors (Lipinski definition) is 0. The van der Waals surface area contributed by atoms with Crippen molar-refractivity contribution in [2.45, 2.75) is 12.5 Å². The zero-order chi connectivity index (χ0) is 17.2. The van der Waals surface area contributed by atoms with Crippen LogP contribution in [0.4, 0.5) is 0 Å². The number of para-hydroxylation sites is 1. The Balaban J connectivity index is 1.79. The van der Waals surface area contributed by atoms with Gasteiger partial charge in [0.1, 0.15) is 5.88 Å². The summed E-state index contributed by atoms with van der Waals surface area (Å²) in [4.78, 5) is 21.2. The van der Waals surface area contributed by atoms with Gasteiger partial charge in [-0.15, -0.1) is 11.6 Å². The molecule has 0 radical (unpaired) electrons. The SMILES string of the molecule is O=C(CCl)N1N=C(c2ccccc2)C[C@@H]1c1cccc2nccnc12. The number of carbonyl (C=O) groups excluding carboxylic acids is 1. The average Bonchev–Trinajstić information content (AvgIpc) is 3.13. The zero-order valence-corrected chi connectivity index (χ0v) is 14.1. The van der Waals surface area contributed by atoms with Gasteiger partial charge in [-0.2, -0.15) is 5.10 Å². The molecule has 2 aromatic carbocycles. The van der Waals surface area contributed by atoms with E-state index in [0.29, 0.717) is 6.42 Å². The normalized spacial score (nSPS) is 16.9. The molecule has 0 unspecified atom stereocenters. The maximum Gasteiger partial charge on any atom is 0.258 e. The molecule has 0 saturated carbocycles. The molecule has 25 heavy (non-hydrogen) atoms. The molecule has 2 heterocycles. The van der Waals surface area contributed by atoms with Gasteiger partial charge < -0.3 is 0 Å². The fraction of sp³-hybridized carbons (Fsp3) is 0.158. The van der Waals surface area contributed by atoms with Gasteiger partial charge >= 0.3 is 0 Å². The molecule has 3 aromatic rings. The second-order valence-electron chi connectivity index (χ2n) is 5.78. The Hall–Kier alpha value is -2.79. The summed E-state index contributed by atoms with van der Waals surface area (Å²) in [7, 11) is 0. The van der Waals surface area contributed by atoms with E-state index in [2.05, 4.69) is 15.1 Å². The third-order valence-corrected chi connectivity index (χ3v) is 4.50. The molecule has 5 nitrogen and oxygen atoms in total. The second kappa shape index (κ2) is 6.61. The lowest BCUT2D eigenvalue weighted by molar-refractivity contribution is -0.130. The van der Waals surface area contributed by atoms with Crippen molar-refractivity contribution in [3.05, 3.63) is 72.1 Å². The molecule has 1 aromatic heterocycles. The number of fused-ring (bicyclic) bond motifs is 1. The minimum atomic E-state index is -0.234. The Bertz CT molecular complexity index is 953. The van der Waals surface area contributed by atoms with Gasteiger partial charge in [-0.1, -0.05) is 42.5 Å². The zero-order valence-electron chi connectivity index (χ0n) is 13.3. The van der Waals surface area contributed by atoms with Gasteiger partial charge in [0.05, 0.1) is 22.8 Å². The standard InChI is InChI=1S/C19H15ClN4O/c20-12-18(25)24-17(11-16(23-24)13-5-2-1-3-6-13)14-7-4-8-15-19(14)22-10-9-21-15/h1-10,17H,11-12H2/t17-/m1/s1. The molecular formula is C19H15ClN4O. The minimum Gasteiger partial charge on any atom is -0.272 e. The van der Waals surface area contributed by atoms with Crippen molar-refractivity contribution in [1.82, 2.24) is 15.0 Å². The first-order valence-corrected chi connectivity index (χ1v) is 8.52. The predicted octanol–water partition coefficient (Wildman–Crippen LogP) is 3.55. The van der Waals surface area contributed by atoms with Crippen LogP contribution in [-0.2, 0) is 4.79 Å². The molecule has 0 N–H and O–H groups in total. The smallest absolute Gasteiger partial charge is 0.258 e. The largest absolute Gasteiger partial charge is 0.272 e. The van der Waals surface area contributed by atoms with E-state index >= 15 is 0 Å². The Labute approximate surface area is 150 Å². The molecule has 124 valence electrons. The van der Waals surface area contributed by atoms with Gasteiger partial charge in [0.15, 0.2) is 0 Å². The minimum absolute atomic E-state index is 0.113. The average molecular weight is 351 g/mol. The highest BCUT2D eigenvalue weighted by molar-refractivity contribution is 6.27. The number of alkyl halides is 1. The molecule has 4 rings (SSSR count). The molecule has 6 heteroatoms. The number of halogens is 1. The number of amides is 1. The lowest BCUT2D eigenvalue weighted by Gasteiger charge is -2.21. The van der Waals surface area contributed by atoms with Crippen LogP contribution in [0.5, 0.6) is 0 Å². The molecule has 1 aliphatic rings. The van der Waals surface area contributed by atoms with Crippen LogP contribution in [0.25, 0.3) is 11.0 Å². The summed E-state index contributed by atoms with van der Waals surface area (Å²) in [6.45, 7) is 0. The number of rotatable bonds is 3. The fourth-order valence-corrected chi connectivity index (χ4v) is 3.26. The maximum absolute atomic E-state index is 12.4. The molecule has 1 amide bonds. The van der Waals surface area contributed by atoms with Gasteiger partial charge in [-0.3, -0.25) is 14.8 Å². The first kappa shape index (κ1) is 15.7. The molecule has 0 bridgehead atoms. The van der Waals surface area contributed by atoms with Crippen molar-refractivity contribution in [2.75, 3.05) is 5.88 Å². The third-order valence-electron chi connectivity index (χ3n) is 4.28. The van der Waals surface area contributed by atoms with E-state index in [1.807, 2.05) is 48.5 Å². The first-order valence-electron chi connectivity index (χ1n) is 7.98. The van der Waals surface area contributed by atoms with Crippen LogP contribution in [-0.4, -0.2) is 32.5 Å². The highest BCUT2D eigenvalue weighted by Gasteiger charge is 2.33. The van der Waals surface area contributed by atoms with Crippen LogP contribution >= 0.6 is 11.6 Å². The van der Waals surface area contributed by atoms with Crippen LogP contribution in [0.1, 0.15) is 23.6 Å². The molecule has 0 fully saturated rings. The molecule has 1 atom stereocenters. The molecule has 0 aliphatic carbocycles. The third kappa shape index (κ3) is 2.87. The van der Waals surface area contributed by atoms with Crippen LogP contribution in [0.3, 0.4) is 0 Å². The summed E-state index contributed by atoms with van der Waals surface area (Å²) < 4.78 is 0. The lowest BCUT2D eigenvalue weighted by atomic mass is 9.97.